The number of benzene rings is 1. The Kier molecular flexibility index (Phi) is 5.19. The normalized spacial score (nSPS) is 9.62. The molecule has 1 rings (SSSR count). The highest BCUT2D eigenvalue weighted by Crippen LogP contribution is 2.11. The number of hydrogen-bond donors (Lipinski definition) is 2. The van der Waals surface area contributed by atoms with Crippen molar-refractivity contribution in [1.82, 2.24) is 5.32 Å². The van der Waals surface area contributed by atoms with Crippen molar-refractivity contribution >= 4 is 11.8 Å². The molecule has 1 aromatic carbocycles. The second-order valence-corrected chi connectivity index (χ2v) is 3.39. The molecule has 0 aromatic heterocycles. The maximum absolute atomic E-state index is 11.0. The SMILES string of the molecule is CCOC(=O)NCCNc1ccccc1C. The minimum atomic E-state index is -0.367. The monoisotopic (exact) mass is 222 g/mol. The predicted molar refractivity (Wildman–Crippen MR) is 64.7 cm³/mol. The van der Waals surface area contributed by atoms with Crippen molar-refractivity contribution in [3.63, 3.8) is 0 Å². The minimum absolute atomic E-state index is 0.367. The molecule has 0 unspecified atom stereocenters. The maximum atomic E-state index is 11.0. The third-order valence-corrected chi connectivity index (χ3v) is 2.13. The molecule has 0 bridgehead atoms. The van der Waals surface area contributed by atoms with E-state index in [0.29, 0.717) is 19.7 Å². The van der Waals surface area contributed by atoms with Gasteiger partial charge >= 0.3 is 6.09 Å². The van der Waals surface area contributed by atoms with Gasteiger partial charge < -0.3 is 15.4 Å². The summed E-state index contributed by atoms with van der Waals surface area (Å²) in [7, 11) is 0. The molecule has 4 nitrogen and oxygen atoms in total. The van der Waals surface area contributed by atoms with Gasteiger partial charge in [0.1, 0.15) is 0 Å². The number of para-hydroxylation sites is 1. The second-order valence-electron chi connectivity index (χ2n) is 3.39. The summed E-state index contributed by atoms with van der Waals surface area (Å²) in [6, 6.07) is 8.03. The first-order chi connectivity index (χ1) is 7.74. The Morgan fingerprint density at radius 2 is 2.06 bits per heavy atom. The average molecular weight is 222 g/mol. The summed E-state index contributed by atoms with van der Waals surface area (Å²) in [6.45, 7) is 5.46. The maximum Gasteiger partial charge on any atom is 0.407 e. The molecule has 0 spiro atoms. The van der Waals surface area contributed by atoms with Crippen molar-refractivity contribution < 1.29 is 9.53 Å². The number of ether oxygens (including phenoxy) is 1. The van der Waals surface area contributed by atoms with E-state index in [1.165, 1.54) is 5.56 Å². The Hall–Kier alpha value is -1.71. The average Bonchev–Trinajstić information content (AvgIpc) is 2.27. The summed E-state index contributed by atoms with van der Waals surface area (Å²) in [4.78, 5) is 11.0. The lowest BCUT2D eigenvalue weighted by Crippen LogP contribution is -2.29. The summed E-state index contributed by atoms with van der Waals surface area (Å²) < 4.78 is 4.74. The third kappa shape index (κ3) is 4.21. The van der Waals surface area contributed by atoms with E-state index in [0.717, 1.165) is 5.69 Å². The first-order valence-electron chi connectivity index (χ1n) is 5.44. The van der Waals surface area contributed by atoms with Crippen LogP contribution in [0.3, 0.4) is 0 Å². The Morgan fingerprint density at radius 1 is 1.31 bits per heavy atom. The van der Waals surface area contributed by atoms with Crippen LogP contribution in [0.25, 0.3) is 0 Å². The largest absolute Gasteiger partial charge is 0.450 e. The number of rotatable bonds is 5. The van der Waals surface area contributed by atoms with E-state index < -0.39 is 0 Å². The van der Waals surface area contributed by atoms with E-state index in [-0.39, 0.29) is 6.09 Å². The van der Waals surface area contributed by atoms with Gasteiger partial charge in [0.2, 0.25) is 0 Å². The van der Waals surface area contributed by atoms with Crippen LogP contribution in [0.4, 0.5) is 10.5 Å². The number of carbonyl (C=O) groups excluding carboxylic acids is 1. The number of alkyl carbamates (subject to hydrolysis) is 1. The smallest absolute Gasteiger partial charge is 0.407 e. The lowest BCUT2D eigenvalue weighted by molar-refractivity contribution is 0.152. The highest BCUT2D eigenvalue weighted by atomic mass is 16.5. The van der Waals surface area contributed by atoms with Crippen molar-refractivity contribution in [2.45, 2.75) is 13.8 Å². The fraction of sp³-hybridized carbons (Fsp3) is 0.417. The Balaban J connectivity index is 2.21. The van der Waals surface area contributed by atoms with E-state index in [1.54, 1.807) is 6.92 Å². The van der Waals surface area contributed by atoms with Gasteiger partial charge in [-0.15, -0.1) is 0 Å². The fourth-order valence-electron chi connectivity index (χ4n) is 1.32. The van der Waals surface area contributed by atoms with Crippen molar-refractivity contribution in [2.24, 2.45) is 0 Å². The molecule has 0 atom stereocenters. The van der Waals surface area contributed by atoms with E-state index in [9.17, 15) is 4.79 Å². The zero-order valence-corrected chi connectivity index (χ0v) is 9.75. The Labute approximate surface area is 96.0 Å². The van der Waals surface area contributed by atoms with E-state index in [2.05, 4.69) is 10.6 Å². The van der Waals surface area contributed by atoms with Crippen LogP contribution in [-0.2, 0) is 4.74 Å². The van der Waals surface area contributed by atoms with Gasteiger partial charge in [-0.25, -0.2) is 4.79 Å². The molecule has 4 heteroatoms. The lowest BCUT2D eigenvalue weighted by atomic mass is 10.2. The van der Waals surface area contributed by atoms with Crippen LogP contribution in [0.15, 0.2) is 24.3 Å². The predicted octanol–water partition coefficient (Wildman–Crippen LogP) is 2.15. The van der Waals surface area contributed by atoms with Gasteiger partial charge in [0.15, 0.2) is 0 Å². The van der Waals surface area contributed by atoms with Crippen molar-refractivity contribution in [3.8, 4) is 0 Å². The highest BCUT2D eigenvalue weighted by molar-refractivity contribution is 5.67. The number of hydrogen-bond acceptors (Lipinski definition) is 3. The molecule has 0 aliphatic carbocycles. The van der Waals surface area contributed by atoms with Gasteiger partial charge in [0.05, 0.1) is 6.61 Å². The molecular weight excluding hydrogens is 204 g/mol. The van der Waals surface area contributed by atoms with Crippen molar-refractivity contribution in [1.29, 1.82) is 0 Å². The van der Waals surface area contributed by atoms with Crippen LogP contribution in [0.1, 0.15) is 12.5 Å². The molecule has 0 saturated heterocycles. The summed E-state index contributed by atoms with van der Waals surface area (Å²) >= 11 is 0. The van der Waals surface area contributed by atoms with Crippen molar-refractivity contribution in [2.75, 3.05) is 25.0 Å². The van der Waals surface area contributed by atoms with Crippen LogP contribution < -0.4 is 10.6 Å². The van der Waals surface area contributed by atoms with E-state index >= 15 is 0 Å². The highest BCUT2D eigenvalue weighted by Gasteiger charge is 1.99. The molecule has 0 fully saturated rings. The van der Waals surface area contributed by atoms with Crippen LogP contribution in [0.2, 0.25) is 0 Å². The molecule has 1 aromatic rings. The number of amides is 1. The van der Waals surface area contributed by atoms with Gasteiger partial charge in [0, 0.05) is 18.8 Å². The number of aryl methyl sites for hydroxylation is 1. The molecular formula is C12H18N2O2. The summed E-state index contributed by atoms with van der Waals surface area (Å²) in [5, 5.41) is 5.89. The molecule has 1 amide bonds. The van der Waals surface area contributed by atoms with Crippen LogP contribution >= 0.6 is 0 Å². The fourth-order valence-corrected chi connectivity index (χ4v) is 1.32. The van der Waals surface area contributed by atoms with Gasteiger partial charge in [-0.3, -0.25) is 0 Å². The Bertz CT molecular complexity index is 340. The van der Waals surface area contributed by atoms with Crippen LogP contribution in [0.5, 0.6) is 0 Å². The molecule has 2 N–H and O–H groups in total. The van der Waals surface area contributed by atoms with Crippen molar-refractivity contribution in [3.05, 3.63) is 29.8 Å². The van der Waals surface area contributed by atoms with Crippen LogP contribution in [0, 0.1) is 6.92 Å². The molecule has 0 aliphatic rings. The second kappa shape index (κ2) is 6.71. The van der Waals surface area contributed by atoms with E-state index in [4.69, 9.17) is 4.74 Å². The molecule has 0 saturated carbocycles. The van der Waals surface area contributed by atoms with Gasteiger partial charge in [-0.1, -0.05) is 18.2 Å². The molecule has 0 heterocycles. The summed E-state index contributed by atoms with van der Waals surface area (Å²) in [6.07, 6.45) is -0.367. The zero-order valence-electron chi connectivity index (χ0n) is 9.75. The minimum Gasteiger partial charge on any atom is -0.450 e. The van der Waals surface area contributed by atoms with Gasteiger partial charge in [-0.2, -0.15) is 0 Å². The molecule has 88 valence electrons. The molecule has 0 aliphatic heterocycles. The lowest BCUT2D eigenvalue weighted by Gasteiger charge is -2.09. The summed E-state index contributed by atoms with van der Waals surface area (Å²) in [5.74, 6) is 0. The van der Waals surface area contributed by atoms with Crippen LogP contribution in [-0.4, -0.2) is 25.8 Å². The third-order valence-electron chi connectivity index (χ3n) is 2.13. The van der Waals surface area contributed by atoms with E-state index in [1.807, 2.05) is 31.2 Å². The van der Waals surface area contributed by atoms with Gasteiger partial charge in [0.25, 0.3) is 0 Å². The number of anilines is 1. The molecule has 0 radical (unpaired) electrons. The quantitative estimate of drug-likeness (QED) is 0.750. The zero-order chi connectivity index (χ0) is 11.8. The first kappa shape index (κ1) is 12.4. The first-order valence-corrected chi connectivity index (χ1v) is 5.44. The Morgan fingerprint density at radius 3 is 2.75 bits per heavy atom. The standard InChI is InChI=1S/C12H18N2O2/c1-3-16-12(15)14-9-8-13-11-7-5-4-6-10(11)2/h4-7,13H,3,8-9H2,1-2H3,(H,14,15). The van der Waals surface area contributed by atoms with Gasteiger partial charge in [-0.05, 0) is 25.5 Å². The topological polar surface area (TPSA) is 50.4 Å². The number of nitrogens with one attached hydrogen (secondary N) is 2. The molecule has 16 heavy (non-hydrogen) atoms. The number of carbonyl (C=O) groups is 1. The summed E-state index contributed by atoms with van der Waals surface area (Å²) in [5.41, 5.74) is 2.28.